The number of alkyl halides is 1. The van der Waals surface area contributed by atoms with Gasteiger partial charge in [0, 0.05) is 7.05 Å². The smallest absolute Gasteiger partial charge is 0.440 e. The van der Waals surface area contributed by atoms with Crippen molar-refractivity contribution in [3.8, 4) is 12.3 Å². The number of aromatic nitrogens is 4. The zero-order valence-corrected chi connectivity index (χ0v) is 19.1. The number of ether oxygens (including phenoxy) is 2. The number of nitrogen functional groups attached to an aromatic ring is 1. The number of rotatable bonds is 8. The standard InChI is InChI=1S/C17H22FN7O5PS/c1-5-17(18)11(26)9(6-29-31(32)24-8(2)14(27)28-4)30-15(17)25-7-21-10-12(20-3)22-16(19)23-13(10)25/h1,7-9,11,15,26H,6H2,2-4H3,(H,24,32)(H3,19,20,22,23)/q+1/t8-,9-,11-,15-,17-/m1/s1. The summed E-state index contributed by atoms with van der Waals surface area (Å²) in [6.45, 7) is 1.27. The highest BCUT2D eigenvalue weighted by Crippen LogP contribution is 2.43. The number of nitrogens with two attached hydrogens (primary N) is 1. The first-order valence-corrected chi connectivity index (χ1v) is 11.6. The van der Waals surface area contributed by atoms with Crippen molar-refractivity contribution in [2.75, 3.05) is 31.8 Å². The molecule has 1 saturated heterocycles. The summed E-state index contributed by atoms with van der Waals surface area (Å²) >= 11 is 5.15. The molecule has 0 saturated carbocycles. The van der Waals surface area contributed by atoms with Gasteiger partial charge in [0.1, 0.15) is 24.9 Å². The van der Waals surface area contributed by atoms with Crippen LogP contribution in [0.5, 0.6) is 0 Å². The number of carbonyl (C=O) groups is 1. The van der Waals surface area contributed by atoms with E-state index in [1.807, 2.05) is 5.92 Å². The van der Waals surface area contributed by atoms with Crippen LogP contribution in [0.1, 0.15) is 13.2 Å². The van der Waals surface area contributed by atoms with Crippen LogP contribution in [0.15, 0.2) is 6.33 Å². The van der Waals surface area contributed by atoms with Crippen LogP contribution in [0.25, 0.3) is 11.2 Å². The molecule has 3 heterocycles. The number of carbonyl (C=O) groups excluding carboxylic acids is 1. The molecule has 0 radical (unpaired) electrons. The first-order chi connectivity index (χ1) is 15.2. The topological polar surface area (TPSA) is 159 Å². The van der Waals surface area contributed by atoms with Crippen molar-refractivity contribution >= 4 is 47.8 Å². The number of aliphatic hydroxyl groups excluding tert-OH is 1. The Balaban J connectivity index is 1.82. The Labute approximate surface area is 188 Å². The molecule has 12 nitrogen and oxygen atoms in total. The van der Waals surface area contributed by atoms with Gasteiger partial charge in [0.15, 0.2) is 23.2 Å². The number of halogens is 1. The summed E-state index contributed by atoms with van der Waals surface area (Å²) < 4.78 is 32.7. The highest BCUT2D eigenvalue weighted by atomic mass is 32.4. The Morgan fingerprint density at radius 3 is 2.97 bits per heavy atom. The predicted molar refractivity (Wildman–Crippen MR) is 117 cm³/mol. The zero-order valence-electron chi connectivity index (χ0n) is 17.4. The number of terminal acetylenes is 1. The number of hydrogen-bond acceptors (Lipinski definition) is 11. The van der Waals surface area contributed by atoms with Gasteiger partial charge >= 0.3 is 13.0 Å². The lowest BCUT2D eigenvalue weighted by molar-refractivity contribution is -0.142. The lowest BCUT2D eigenvalue weighted by atomic mass is 9.97. The van der Waals surface area contributed by atoms with E-state index in [4.69, 9.17) is 33.2 Å². The summed E-state index contributed by atoms with van der Waals surface area (Å²) in [6, 6.07) is -0.708. The van der Waals surface area contributed by atoms with E-state index in [1.165, 1.54) is 18.0 Å². The molecule has 0 amide bonds. The zero-order chi connectivity index (χ0) is 23.6. The van der Waals surface area contributed by atoms with E-state index in [0.717, 1.165) is 0 Å². The first-order valence-electron chi connectivity index (χ1n) is 9.28. The third kappa shape index (κ3) is 4.36. The second kappa shape index (κ2) is 9.53. The van der Waals surface area contributed by atoms with Crippen LogP contribution in [0.4, 0.5) is 16.2 Å². The minimum Gasteiger partial charge on any atom is -0.468 e. The van der Waals surface area contributed by atoms with E-state index in [9.17, 15) is 9.90 Å². The van der Waals surface area contributed by atoms with Gasteiger partial charge in [-0.2, -0.15) is 9.97 Å². The maximum absolute atomic E-state index is 15.7. The number of hydrogen-bond donors (Lipinski definition) is 4. The van der Waals surface area contributed by atoms with Crippen molar-refractivity contribution in [1.82, 2.24) is 24.6 Å². The molecule has 6 atom stereocenters. The average Bonchev–Trinajstić information content (AvgIpc) is 3.30. The van der Waals surface area contributed by atoms with Crippen molar-refractivity contribution in [2.24, 2.45) is 0 Å². The molecule has 15 heteroatoms. The van der Waals surface area contributed by atoms with Gasteiger partial charge in [0.05, 0.1) is 13.4 Å². The lowest BCUT2D eigenvalue weighted by Gasteiger charge is -2.23. The number of imidazole rings is 1. The van der Waals surface area contributed by atoms with E-state index >= 15 is 4.39 Å². The summed E-state index contributed by atoms with van der Waals surface area (Å²) in [6.07, 6.45) is 2.32. The maximum atomic E-state index is 15.7. The molecule has 0 bridgehead atoms. The molecule has 2 aromatic heterocycles. The molecule has 172 valence electrons. The van der Waals surface area contributed by atoms with Crippen molar-refractivity contribution in [3.63, 3.8) is 0 Å². The molecule has 1 aliphatic rings. The molecule has 3 rings (SSSR count). The number of esters is 1. The van der Waals surface area contributed by atoms with E-state index in [0.29, 0.717) is 11.3 Å². The normalized spacial score (nSPS) is 26.5. The van der Waals surface area contributed by atoms with E-state index in [1.54, 1.807) is 14.0 Å². The summed E-state index contributed by atoms with van der Waals surface area (Å²) in [5, 5.41) is 16.1. The lowest BCUT2D eigenvalue weighted by Crippen LogP contribution is -2.42. The summed E-state index contributed by atoms with van der Waals surface area (Å²) in [4.78, 5) is 23.8. The molecular weight excluding hydrogens is 464 g/mol. The number of anilines is 2. The van der Waals surface area contributed by atoms with Crippen LogP contribution < -0.4 is 16.1 Å². The monoisotopic (exact) mass is 486 g/mol. The largest absolute Gasteiger partial charge is 0.468 e. The number of methoxy groups -OCH3 is 1. The fourth-order valence-electron chi connectivity index (χ4n) is 3.16. The van der Waals surface area contributed by atoms with Gasteiger partial charge in [-0.05, 0) is 6.92 Å². The minimum absolute atomic E-state index is 0.0743. The van der Waals surface area contributed by atoms with Crippen molar-refractivity contribution in [1.29, 1.82) is 0 Å². The van der Waals surface area contributed by atoms with Crippen LogP contribution in [0.2, 0.25) is 0 Å². The first kappa shape index (κ1) is 24.1. The third-order valence-electron chi connectivity index (χ3n) is 4.80. The Morgan fingerprint density at radius 2 is 2.34 bits per heavy atom. The van der Waals surface area contributed by atoms with Gasteiger partial charge in [0.25, 0.3) is 0 Å². The van der Waals surface area contributed by atoms with Crippen molar-refractivity contribution in [2.45, 2.75) is 37.1 Å². The minimum atomic E-state index is -2.63. The predicted octanol–water partition coefficient (Wildman–Crippen LogP) is -0.00850. The second-order valence-corrected chi connectivity index (χ2v) is 8.84. The quantitative estimate of drug-likeness (QED) is 0.225. The van der Waals surface area contributed by atoms with Crippen LogP contribution >= 0.6 is 7.07 Å². The average molecular weight is 486 g/mol. The summed E-state index contributed by atoms with van der Waals surface area (Å²) in [5.74, 6) is 1.71. The number of fused-ring (bicyclic) bond motifs is 1. The highest BCUT2D eigenvalue weighted by molar-refractivity contribution is 8.02. The summed E-state index contributed by atoms with van der Waals surface area (Å²) in [7, 11) is 1.14. The van der Waals surface area contributed by atoms with Crippen molar-refractivity contribution in [3.05, 3.63) is 6.33 Å². The van der Waals surface area contributed by atoms with Gasteiger partial charge in [-0.3, -0.25) is 9.36 Å². The molecule has 0 aromatic carbocycles. The van der Waals surface area contributed by atoms with Crippen LogP contribution in [-0.4, -0.2) is 75.3 Å². The highest BCUT2D eigenvalue weighted by Gasteiger charge is 2.58. The van der Waals surface area contributed by atoms with E-state index < -0.39 is 43.2 Å². The Bertz CT molecular complexity index is 1080. The van der Waals surface area contributed by atoms with Gasteiger partial charge < -0.3 is 25.6 Å². The van der Waals surface area contributed by atoms with Gasteiger partial charge in [0.2, 0.25) is 23.4 Å². The van der Waals surface area contributed by atoms with Crippen molar-refractivity contribution < 1.29 is 28.3 Å². The Hall–Kier alpha value is -2.53. The van der Waals surface area contributed by atoms with Crippen LogP contribution in [0, 0.1) is 12.3 Å². The van der Waals surface area contributed by atoms with E-state index in [2.05, 4.69) is 30.1 Å². The molecule has 1 fully saturated rings. The maximum Gasteiger partial charge on any atom is 0.440 e. The molecule has 1 aliphatic heterocycles. The van der Waals surface area contributed by atoms with E-state index in [-0.39, 0.29) is 18.2 Å². The Morgan fingerprint density at radius 1 is 1.62 bits per heavy atom. The molecule has 5 N–H and O–H groups in total. The number of aliphatic hydroxyl groups is 1. The number of nitrogens with one attached hydrogen (secondary N) is 2. The van der Waals surface area contributed by atoms with Gasteiger partial charge in [-0.15, -0.1) is 10.9 Å². The Kier molecular flexibility index (Phi) is 7.19. The molecular formula is C17H22FN7O5PS+. The SMILES string of the molecule is C#C[C@@]1(F)[C@H](O)[C@@H](CO[P+](=S)N[C@H](C)C(=O)OC)O[C@H]1n1cnc2c(NC)nc(N)nc21. The van der Waals surface area contributed by atoms with Gasteiger partial charge in [-0.1, -0.05) is 11.0 Å². The molecule has 0 spiro atoms. The molecule has 0 aliphatic carbocycles. The molecule has 1 unspecified atom stereocenters. The third-order valence-corrected chi connectivity index (χ3v) is 6.42. The molecule has 32 heavy (non-hydrogen) atoms. The second-order valence-electron chi connectivity index (χ2n) is 6.82. The molecule has 2 aromatic rings. The fourth-order valence-corrected chi connectivity index (χ4v) is 4.59. The van der Waals surface area contributed by atoms with Crippen LogP contribution in [0.3, 0.4) is 0 Å². The van der Waals surface area contributed by atoms with Gasteiger partial charge in [-0.25, -0.2) is 9.37 Å². The fraction of sp³-hybridized carbons (Fsp3) is 0.529. The van der Waals surface area contributed by atoms with Crippen LogP contribution in [-0.2, 0) is 30.6 Å². The summed E-state index contributed by atoms with van der Waals surface area (Å²) in [5.41, 5.74) is 3.59. The number of nitrogens with zero attached hydrogens (tertiary/aromatic N) is 4.